The van der Waals surface area contributed by atoms with Gasteiger partial charge in [-0.25, -0.2) is 0 Å². The van der Waals surface area contributed by atoms with Gasteiger partial charge in [-0.05, 0) is 54.5 Å². The number of rotatable bonds is 15. The van der Waals surface area contributed by atoms with Gasteiger partial charge in [0, 0.05) is 24.4 Å². The molecule has 1 heterocycles. The summed E-state index contributed by atoms with van der Waals surface area (Å²) in [5.74, 6) is 1.30. The smallest absolute Gasteiger partial charge is 0.242 e. The van der Waals surface area contributed by atoms with Crippen LogP contribution in [0.3, 0.4) is 0 Å². The monoisotopic (exact) mass is 486 g/mol. The first kappa shape index (κ1) is 27.4. The average molecular weight is 487 g/mol. The zero-order chi connectivity index (χ0) is 24.9. The van der Waals surface area contributed by atoms with Gasteiger partial charge in [0.15, 0.2) is 11.5 Å². The number of benzene rings is 1. The van der Waals surface area contributed by atoms with E-state index in [0.717, 1.165) is 29.7 Å². The lowest BCUT2D eigenvalue weighted by molar-refractivity contribution is -0.140. The fourth-order valence-corrected chi connectivity index (χ4v) is 4.61. The molecule has 0 saturated carbocycles. The van der Waals surface area contributed by atoms with Crippen molar-refractivity contribution >= 4 is 23.2 Å². The lowest BCUT2D eigenvalue weighted by Gasteiger charge is -2.27. The Bertz CT molecular complexity index is 940. The third kappa shape index (κ3) is 8.20. The summed E-state index contributed by atoms with van der Waals surface area (Å²) < 4.78 is 10.7. The van der Waals surface area contributed by atoms with Gasteiger partial charge in [-0.1, -0.05) is 31.9 Å². The van der Waals surface area contributed by atoms with Crippen molar-refractivity contribution in [2.75, 3.05) is 33.9 Å². The van der Waals surface area contributed by atoms with Crippen LogP contribution in [0.1, 0.15) is 48.6 Å². The Morgan fingerprint density at radius 2 is 1.82 bits per heavy atom. The Labute approximate surface area is 208 Å². The molecule has 0 aliphatic heterocycles. The highest BCUT2D eigenvalue weighted by Crippen LogP contribution is 2.28. The van der Waals surface area contributed by atoms with Gasteiger partial charge in [-0.3, -0.25) is 9.59 Å². The zero-order valence-electron chi connectivity index (χ0n) is 21.0. The first-order valence-corrected chi connectivity index (χ1v) is 12.7. The van der Waals surface area contributed by atoms with Crippen molar-refractivity contribution in [1.82, 2.24) is 9.80 Å². The molecule has 0 radical (unpaired) electrons. The minimum Gasteiger partial charge on any atom is -0.493 e. The van der Waals surface area contributed by atoms with Crippen LogP contribution in [0.15, 0.2) is 42.3 Å². The van der Waals surface area contributed by atoms with Crippen LogP contribution in [-0.4, -0.2) is 55.5 Å². The number of hydrogen-bond acceptors (Lipinski definition) is 5. The molecule has 0 aliphatic carbocycles. The molecule has 7 heteroatoms. The summed E-state index contributed by atoms with van der Waals surface area (Å²) in [6, 6.07) is 7.88. The second kappa shape index (κ2) is 14.5. The summed E-state index contributed by atoms with van der Waals surface area (Å²) in [7, 11) is 3.22. The number of aryl methyl sites for hydroxylation is 1. The van der Waals surface area contributed by atoms with Gasteiger partial charge in [-0.2, -0.15) is 0 Å². The van der Waals surface area contributed by atoms with Crippen LogP contribution in [0.4, 0.5) is 0 Å². The van der Waals surface area contributed by atoms with E-state index in [1.165, 1.54) is 5.56 Å². The van der Waals surface area contributed by atoms with Gasteiger partial charge in [0.25, 0.3) is 0 Å². The van der Waals surface area contributed by atoms with Crippen molar-refractivity contribution in [2.45, 2.75) is 52.5 Å². The fraction of sp³-hybridized carbons (Fsp3) is 0.481. The zero-order valence-corrected chi connectivity index (χ0v) is 21.8. The normalized spacial score (nSPS) is 10.6. The predicted molar refractivity (Wildman–Crippen MR) is 139 cm³/mol. The first-order chi connectivity index (χ1) is 16.4. The predicted octanol–water partition coefficient (Wildman–Crippen LogP) is 5.24. The van der Waals surface area contributed by atoms with E-state index in [2.05, 4.69) is 26.5 Å². The molecule has 0 bridgehead atoms. The Morgan fingerprint density at radius 1 is 1.06 bits per heavy atom. The van der Waals surface area contributed by atoms with E-state index >= 15 is 0 Å². The Morgan fingerprint density at radius 3 is 2.44 bits per heavy atom. The SMILES string of the molecule is C=CCN(CC(=O)N(CCc1ccc(OC)c(OC)c1)Cc1sccc1C)C(=O)CCCCC. The van der Waals surface area contributed by atoms with Crippen LogP contribution in [0.5, 0.6) is 11.5 Å². The van der Waals surface area contributed by atoms with Gasteiger partial charge >= 0.3 is 0 Å². The number of carbonyl (C=O) groups is 2. The molecule has 0 N–H and O–H groups in total. The number of ether oxygens (including phenoxy) is 2. The van der Waals surface area contributed by atoms with Gasteiger partial charge in [0.1, 0.15) is 6.54 Å². The van der Waals surface area contributed by atoms with E-state index in [9.17, 15) is 9.59 Å². The van der Waals surface area contributed by atoms with E-state index in [1.54, 1.807) is 36.5 Å². The number of thiophene rings is 1. The molecule has 1 aromatic heterocycles. The molecule has 0 atom stereocenters. The summed E-state index contributed by atoms with van der Waals surface area (Å²) in [6.07, 6.45) is 5.72. The summed E-state index contributed by atoms with van der Waals surface area (Å²) in [5, 5.41) is 2.04. The quantitative estimate of drug-likeness (QED) is 0.255. The number of carbonyl (C=O) groups excluding carboxylic acids is 2. The van der Waals surface area contributed by atoms with Crippen LogP contribution >= 0.6 is 11.3 Å². The number of methoxy groups -OCH3 is 2. The van der Waals surface area contributed by atoms with Crippen molar-refractivity contribution in [3.8, 4) is 11.5 Å². The maximum Gasteiger partial charge on any atom is 0.242 e. The molecule has 0 unspecified atom stereocenters. The second-order valence-electron chi connectivity index (χ2n) is 8.30. The molecule has 0 fully saturated rings. The molecule has 186 valence electrons. The van der Waals surface area contributed by atoms with E-state index in [4.69, 9.17) is 9.47 Å². The molecular formula is C27H38N2O4S. The van der Waals surface area contributed by atoms with E-state index in [-0.39, 0.29) is 18.4 Å². The Hall–Kier alpha value is -2.80. The maximum absolute atomic E-state index is 13.4. The Kier molecular flexibility index (Phi) is 11.7. The van der Waals surface area contributed by atoms with Crippen molar-refractivity contribution in [3.05, 3.63) is 58.3 Å². The van der Waals surface area contributed by atoms with Gasteiger partial charge in [-0.15, -0.1) is 17.9 Å². The van der Waals surface area contributed by atoms with Crippen molar-refractivity contribution in [3.63, 3.8) is 0 Å². The molecule has 1 aromatic carbocycles. The summed E-state index contributed by atoms with van der Waals surface area (Å²) >= 11 is 1.65. The largest absolute Gasteiger partial charge is 0.493 e. The molecule has 2 amide bonds. The van der Waals surface area contributed by atoms with E-state index in [1.807, 2.05) is 28.5 Å². The van der Waals surface area contributed by atoms with Crippen molar-refractivity contribution in [1.29, 1.82) is 0 Å². The third-order valence-electron chi connectivity index (χ3n) is 5.80. The van der Waals surface area contributed by atoms with E-state index in [0.29, 0.717) is 44.0 Å². The van der Waals surface area contributed by atoms with Gasteiger partial charge in [0.2, 0.25) is 11.8 Å². The second-order valence-corrected chi connectivity index (χ2v) is 9.30. The van der Waals surface area contributed by atoms with Crippen LogP contribution in [0.25, 0.3) is 0 Å². The molecule has 6 nitrogen and oxygen atoms in total. The first-order valence-electron chi connectivity index (χ1n) is 11.8. The summed E-state index contributed by atoms with van der Waals surface area (Å²) in [6.45, 7) is 9.44. The highest BCUT2D eigenvalue weighted by Gasteiger charge is 2.21. The minimum absolute atomic E-state index is 0.00819. The van der Waals surface area contributed by atoms with E-state index < -0.39 is 0 Å². The molecule has 34 heavy (non-hydrogen) atoms. The van der Waals surface area contributed by atoms with Crippen LogP contribution in [-0.2, 0) is 22.6 Å². The van der Waals surface area contributed by atoms with Crippen LogP contribution in [0, 0.1) is 6.92 Å². The maximum atomic E-state index is 13.4. The number of hydrogen-bond donors (Lipinski definition) is 0. The molecule has 0 saturated heterocycles. The standard InChI is InChI=1S/C27H38N2O4S/c1-6-8-9-10-26(30)28(15-7-2)20-27(31)29(19-25-21(3)14-17-34-25)16-13-22-11-12-23(32-4)24(18-22)33-5/h7,11-12,14,17-18H,2,6,8-10,13,15-16,19-20H2,1,3-5H3. The highest BCUT2D eigenvalue weighted by molar-refractivity contribution is 7.10. The molecule has 0 spiro atoms. The lowest BCUT2D eigenvalue weighted by Crippen LogP contribution is -2.43. The van der Waals surface area contributed by atoms with Gasteiger partial charge < -0.3 is 19.3 Å². The highest BCUT2D eigenvalue weighted by atomic mass is 32.1. The summed E-state index contributed by atoms with van der Waals surface area (Å²) in [5.41, 5.74) is 2.23. The van der Waals surface area contributed by atoms with Crippen LogP contribution in [0.2, 0.25) is 0 Å². The third-order valence-corrected chi connectivity index (χ3v) is 6.80. The average Bonchev–Trinajstić information content (AvgIpc) is 3.25. The van der Waals surface area contributed by atoms with Crippen molar-refractivity contribution in [2.24, 2.45) is 0 Å². The van der Waals surface area contributed by atoms with Crippen LogP contribution < -0.4 is 9.47 Å². The van der Waals surface area contributed by atoms with Gasteiger partial charge in [0.05, 0.1) is 20.8 Å². The molecule has 0 aliphatic rings. The minimum atomic E-state index is -0.0565. The fourth-order valence-electron chi connectivity index (χ4n) is 3.69. The molecule has 2 aromatic rings. The number of nitrogens with zero attached hydrogens (tertiary/aromatic N) is 2. The number of unbranched alkanes of at least 4 members (excludes halogenated alkanes) is 2. The Balaban J connectivity index is 2.15. The lowest BCUT2D eigenvalue weighted by atomic mass is 10.1. The molecular weight excluding hydrogens is 448 g/mol. The summed E-state index contributed by atoms with van der Waals surface area (Å²) in [4.78, 5) is 30.8. The number of amides is 2. The molecule has 2 rings (SSSR count). The topological polar surface area (TPSA) is 59.1 Å². The van der Waals surface area contributed by atoms with Crippen molar-refractivity contribution < 1.29 is 19.1 Å².